The van der Waals surface area contributed by atoms with Crippen LogP contribution >= 0.6 is 0 Å². The van der Waals surface area contributed by atoms with Crippen LogP contribution in [0.2, 0.25) is 0 Å². The van der Waals surface area contributed by atoms with Gasteiger partial charge in [-0.05, 0) is 24.5 Å². The molecule has 0 radical (unpaired) electrons. The summed E-state index contributed by atoms with van der Waals surface area (Å²) in [6.45, 7) is 0.949. The Morgan fingerprint density at radius 1 is 1.38 bits per heavy atom. The third kappa shape index (κ3) is 2.41. The second-order valence-electron chi connectivity index (χ2n) is 4.25. The number of terminal acetylenes is 1. The first-order valence-corrected chi connectivity index (χ1v) is 5.74. The first-order chi connectivity index (χ1) is 7.81. The van der Waals surface area contributed by atoms with Crippen LogP contribution in [0.3, 0.4) is 0 Å². The SMILES string of the molecule is C#Cc1cncc([C@@H]2CCCCCN2N)c1. The van der Waals surface area contributed by atoms with Crippen LogP contribution in [0.25, 0.3) is 0 Å². The fourth-order valence-electron chi connectivity index (χ4n) is 2.21. The highest BCUT2D eigenvalue weighted by Gasteiger charge is 2.20. The summed E-state index contributed by atoms with van der Waals surface area (Å²) in [5.41, 5.74) is 1.97. The van der Waals surface area contributed by atoms with Gasteiger partial charge in [0.15, 0.2) is 0 Å². The fourth-order valence-corrected chi connectivity index (χ4v) is 2.21. The molecule has 0 unspecified atom stereocenters. The van der Waals surface area contributed by atoms with Crippen LogP contribution in [-0.2, 0) is 0 Å². The molecule has 1 fully saturated rings. The highest BCUT2D eigenvalue weighted by molar-refractivity contribution is 5.33. The van der Waals surface area contributed by atoms with Gasteiger partial charge >= 0.3 is 0 Å². The van der Waals surface area contributed by atoms with Gasteiger partial charge in [-0.15, -0.1) is 6.42 Å². The van der Waals surface area contributed by atoms with Gasteiger partial charge in [0, 0.05) is 24.5 Å². The van der Waals surface area contributed by atoms with Crippen LogP contribution in [0, 0.1) is 12.3 Å². The van der Waals surface area contributed by atoms with Gasteiger partial charge in [0.1, 0.15) is 0 Å². The smallest absolute Gasteiger partial charge is 0.0506 e. The van der Waals surface area contributed by atoms with E-state index in [4.69, 9.17) is 12.3 Å². The second kappa shape index (κ2) is 5.11. The van der Waals surface area contributed by atoms with Crippen molar-refractivity contribution in [3.63, 3.8) is 0 Å². The molecule has 0 spiro atoms. The molecule has 0 aromatic carbocycles. The highest BCUT2D eigenvalue weighted by atomic mass is 15.4. The van der Waals surface area contributed by atoms with Gasteiger partial charge in [-0.2, -0.15) is 0 Å². The van der Waals surface area contributed by atoms with Crippen molar-refractivity contribution in [3.8, 4) is 12.3 Å². The maximum Gasteiger partial charge on any atom is 0.0506 e. The van der Waals surface area contributed by atoms with Crippen LogP contribution in [0.5, 0.6) is 0 Å². The first-order valence-electron chi connectivity index (χ1n) is 5.74. The molecule has 0 saturated carbocycles. The molecule has 1 saturated heterocycles. The molecular weight excluding hydrogens is 198 g/mol. The molecule has 2 heterocycles. The Labute approximate surface area is 96.6 Å². The number of nitrogens with two attached hydrogens (primary N) is 1. The molecule has 0 amide bonds. The number of hydrogen-bond donors (Lipinski definition) is 1. The van der Waals surface area contributed by atoms with Crippen molar-refractivity contribution < 1.29 is 0 Å². The van der Waals surface area contributed by atoms with Gasteiger partial charge in [-0.1, -0.05) is 18.8 Å². The molecule has 16 heavy (non-hydrogen) atoms. The second-order valence-corrected chi connectivity index (χ2v) is 4.25. The molecule has 1 aromatic rings. The van der Waals surface area contributed by atoms with Crippen LogP contribution in [-0.4, -0.2) is 16.5 Å². The summed E-state index contributed by atoms with van der Waals surface area (Å²) in [4.78, 5) is 4.17. The van der Waals surface area contributed by atoms with E-state index < -0.39 is 0 Å². The molecule has 3 heteroatoms. The van der Waals surface area contributed by atoms with E-state index in [1.165, 1.54) is 19.3 Å². The van der Waals surface area contributed by atoms with Gasteiger partial charge < -0.3 is 0 Å². The summed E-state index contributed by atoms with van der Waals surface area (Å²) in [5, 5.41) is 1.92. The highest BCUT2D eigenvalue weighted by Crippen LogP contribution is 2.27. The Morgan fingerprint density at radius 3 is 3.06 bits per heavy atom. The summed E-state index contributed by atoms with van der Waals surface area (Å²) in [7, 11) is 0. The van der Waals surface area contributed by atoms with E-state index >= 15 is 0 Å². The Kier molecular flexibility index (Phi) is 3.55. The Hall–Kier alpha value is -1.37. The standard InChI is InChI=1S/C13H17N3/c1-2-11-8-12(10-15-9-11)13-6-4-3-5-7-16(13)14/h1,8-10,13H,3-7,14H2/t13-/m0/s1. The monoisotopic (exact) mass is 215 g/mol. The van der Waals surface area contributed by atoms with Crippen LogP contribution in [0.15, 0.2) is 18.5 Å². The van der Waals surface area contributed by atoms with E-state index in [0.717, 1.165) is 24.1 Å². The van der Waals surface area contributed by atoms with Crippen molar-refractivity contribution >= 4 is 0 Å². The summed E-state index contributed by atoms with van der Waals surface area (Å²) in [6.07, 6.45) is 13.7. The van der Waals surface area contributed by atoms with E-state index in [1.54, 1.807) is 6.20 Å². The quantitative estimate of drug-likeness (QED) is 0.574. The predicted octanol–water partition coefficient (Wildman–Crippen LogP) is 1.85. The summed E-state index contributed by atoms with van der Waals surface area (Å²) < 4.78 is 0. The van der Waals surface area contributed by atoms with Crippen LogP contribution in [0.4, 0.5) is 0 Å². The summed E-state index contributed by atoms with van der Waals surface area (Å²) >= 11 is 0. The number of rotatable bonds is 1. The van der Waals surface area contributed by atoms with Crippen LogP contribution in [0.1, 0.15) is 42.9 Å². The lowest BCUT2D eigenvalue weighted by Gasteiger charge is -2.25. The summed E-state index contributed by atoms with van der Waals surface area (Å²) in [5.74, 6) is 8.67. The molecule has 2 rings (SSSR count). The third-order valence-corrected chi connectivity index (χ3v) is 3.11. The normalized spacial score (nSPS) is 22.4. The first kappa shape index (κ1) is 11.1. The molecule has 2 N–H and O–H groups in total. The molecule has 0 bridgehead atoms. The minimum Gasteiger partial charge on any atom is -0.268 e. The Balaban J connectivity index is 2.24. The zero-order valence-corrected chi connectivity index (χ0v) is 9.39. The maximum absolute atomic E-state index is 6.06. The van der Waals surface area contributed by atoms with E-state index in [2.05, 4.69) is 10.9 Å². The Morgan fingerprint density at radius 2 is 2.25 bits per heavy atom. The largest absolute Gasteiger partial charge is 0.268 e. The molecule has 3 nitrogen and oxygen atoms in total. The average molecular weight is 215 g/mol. The molecule has 1 atom stereocenters. The van der Waals surface area contributed by atoms with Gasteiger partial charge in [0.2, 0.25) is 0 Å². The molecule has 0 aliphatic carbocycles. The Bertz CT molecular complexity index is 394. The molecule has 84 valence electrons. The van der Waals surface area contributed by atoms with Gasteiger partial charge in [-0.3, -0.25) is 10.8 Å². The predicted molar refractivity (Wildman–Crippen MR) is 64.3 cm³/mol. The minimum absolute atomic E-state index is 0.267. The molecular formula is C13H17N3. The topological polar surface area (TPSA) is 42.2 Å². The number of hydrazine groups is 1. The van der Waals surface area contributed by atoms with E-state index in [-0.39, 0.29) is 6.04 Å². The number of hydrogen-bond acceptors (Lipinski definition) is 3. The van der Waals surface area contributed by atoms with Crippen molar-refractivity contribution in [2.75, 3.05) is 6.54 Å². The third-order valence-electron chi connectivity index (χ3n) is 3.11. The number of nitrogens with zero attached hydrogens (tertiary/aromatic N) is 2. The maximum atomic E-state index is 6.06. The van der Waals surface area contributed by atoms with Crippen LogP contribution < -0.4 is 5.84 Å². The number of aromatic nitrogens is 1. The fraction of sp³-hybridized carbons (Fsp3) is 0.462. The number of pyridine rings is 1. The van der Waals surface area contributed by atoms with Gasteiger partial charge in [0.25, 0.3) is 0 Å². The minimum atomic E-state index is 0.267. The molecule has 1 aromatic heterocycles. The van der Waals surface area contributed by atoms with E-state index in [0.29, 0.717) is 0 Å². The zero-order chi connectivity index (χ0) is 11.4. The lowest BCUT2D eigenvalue weighted by atomic mass is 10.0. The average Bonchev–Trinajstić information content (AvgIpc) is 2.54. The van der Waals surface area contributed by atoms with E-state index in [9.17, 15) is 0 Å². The van der Waals surface area contributed by atoms with Crippen molar-refractivity contribution in [2.24, 2.45) is 5.84 Å². The lowest BCUT2D eigenvalue weighted by molar-refractivity contribution is 0.206. The van der Waals surface area contributed by atoms with Gasteiger partial charge in [-0.25, -0.2) is 5.01 Å². The van der Waals surface area contributed by atoms with Crippen molar-refractivity contribution in [1.82, 2.24) is 9.99 Å². The van der Waals surface area contributed by atoms with E-state index in [1.807, 2.05) is 17.3 Å². The zero-order valence-electron chi connectivity index (χ0n) is 9.39. The summed E-state index contributed by atoms with van der Waals surface area (Å²) in [6, 6.07) is 2.28. The molecule has 1 aliphatic heterocycles. The molecule has 1 aliphatic rings. The van der Waals surface area contributed by atoms with Crippen molar-refractivity contribution in [3.05, 3.63) is 29.6 Å². The van der Waals surface area contributed by atoms with Crippen molar-refractivity contribution in [2.45, 2.75) is 31.7 Å². The lowest BCUT2D eigenvalue weighted by Crippen LogP contribution is -2.35. The van der Waals surface area contributed by atoms with Gasteiger partial charge in [0.05, 0.1) is 6.04 Å². The van der Waals surface area contributed by atoms with Crippen molar-refractivity contribution in [1.29, 1.82) is 0 Å².